The van der Waals surface area contributed by atoms with Gasteiger partial charge in [-0.1, -0.05) is 0 Å². The van der Waals surface area contributed by atoms with Gasteiger partial charge in [0.05, 0.1) is 6.10 Å². The van der Waals surface area contributed by atoms with Crippen LogP contribution < -0.4 is 17.2 Å². The highest BCUT2D eigenvalue weighted by molar-refractivity contribution is 7.80. The maximum atomic E-state index is 11.1. The van der Waals surface area contributed by atoms with Crippen LogP contribution in [0.5, 0.6) is 0 Å². The van der Waals surface area contributed by atoms with Crippen molar-refractivity contribution in [2.75, 3.05) is 5.75 Å². The van der Waals surface area contributed by atoms with E-state index in [4.69, 9.17) is 37.3 Å². The minimum absolute atomic E-state index is 0.133. The Bertz CT molecular complexity index is 381. The number of carboxylic acids is 2. The largest absolute Gasteiger partial charge is 0.480 e. The molecule has 0 spiro atoms. The number of rotatable bonds is 7. The lowest BCUT2D eigenvalue weighted by molar-refractivity contribution is -0.154. The molecule has 130 valence electrons. The smallest absolute Gasteiger partial charge is 0.324 e. The zero-order valence-electron chi connectivity index (χ0n) is 12.2. The number of hydrogen-bond acceptors (Lipinski definition) is 9. The molecule has 0 aromatic carbocycles. The van der Waals surface area contributed by atoms with Gasteiger partial charge in [0.2, 0.25) is 0 Å². The second-order valence-electron chi connectivity index (χ2n) is 4.40. The number of ether oxygens (including phenoxy) is 1. The summed E-state index contributed by atoms with van der Waals surface area (Å²) in [6.07, 6.45) is -1.89. The third kappa shape index (κ3) is 9.52. The van der Waals surface area contributed by atoms with Crippen molar-refractivity contribution >= 4 is 30.5 Å². The zero-order chi connectivity index (χ0) is 18.0. The molecule has 0 amide bonds. The lowest BCUT2D eigenvalue weighted by atomic mass is 10.2. The average molecular weight is 341 g/mol. The molecule has 0 heterocycles. The predicted molar refractivity (Wildman–Crippen MR) is 80.3 cm³/mol. The molecule has 0 rings (SSSR count). The van der Waals surface area contributed by atoms with Crippen LogP contribution in [0.2, 0.25) is 0 Å². The van der Waals surface area contributed by atoms with Crippen molar-refractivity contribution in [2.24, 2.45) is 17.2 Å². The molecule has 22 heavy (non-hydrogen) atoms. The van der Waals surface area contributed by atoms with E-state index in [1.165, 1.54) is 13.8 Å². The van der Waals surface area contributed by atoms with Crippen LogP contribution in [0.25, 0.3) is 0 Å². The highest BCUT2D eigenvalue weighted by Crippen LogP contribution is 1.99. The van der Waals surface area contributed by atoms with Gasteiger partial charge in [0.1, 0.15) is 24.2 Å². The Balaban J connectivity index is 0. The van der Waals surface area contributed by atoms with Crippen molar-refractivity contribution in [3.63, 3.8) is 0 Å². The number of esters is 1. The number of carbonyl (C=O) groups excluding carboxylic acids is 1. The van der Waals surface area contributed by atoms with Crippen LogP contribution in [0.4, 0.5) is 0 Å². The van der Waals surface area contributed by atoms with Gasteiger partial charge in [-0.05, 0) is 13.8 Å². The molecule has 0 aromatic rings. The molecule has 0 aliphatic rings. The number of aliphatic hydroxyl groups is 1. The molecular formula is C11H23N3O7S. The zero-order valence-corrected chi connectivity index (χ0v) is 13.1. The summed E-state index contributed by atoms with van der Waals surface area (Å²) < 4.78 is 4.71. The van der Waals surface area contributed by atoms with Gasteiger partial charge in [-0.3, -0.25) is 14.4 Å². The Morgan fingerprint density at radius 1 is 1.05 bits per heavy atom. The quantitative estimate of drug-likeness (QED) is 0.190. The van der Waals surface area contributed by atoms with E-state index in [2.05, 4.69) is 12.6 Å². The van der Waals surface area contributed by atoms with Crippen LogP contribution in [0.3, 0.4) is 0 Å². The molecule has 0 unspecified atom stereocenters. The van der Waals surface area contributed by atoms with E-state index in [0.29, 0.717) is 0 Å². The van der Waals surface area contributed by atoms with E-state index in [1.807, 2.05) is 0 Å². The van der Waals surface area contributed by atoms with Gasteiger partial charge in [-0.25, -0.2) is 0 Å². The fourth-order valence-corrected chi connectivity index (χ4v) is 0.975. The maximum absolute atomic E-state index is 11.1. The Kier molecular flexibility index (Phi) is 11.7. The fourth-order valence-electron chi connectivity index (χ4n) is 0.826. The van der Waals surface area contributed by atoms with Crippen molar-refractivity contribution in [1.29, 1.82) is 0 Å². The SMILES string of the molecule is C[C@@H](O)[C@H](N)C(=O)O.C[C@@H](OC(=O)[C@@H](N)CS)[C@H](N)C(=O)O. The monoisotopic (exact) mass is 341 g/mol. The Hall–Kier alpha value is -1.40. The van der Waals surface area contributed by atoms with Crippen molar-refractivity contribution in [2.45, 2.75) is 44.2 Å². The second-order valence-corrected chi connectivity index (χ2v) is 4.76. The van der Waals surface area contributed by atoms with E-state index in [0.717, 1.165) is 0 Å². The standard InChI is InChI=1S/C7H14N2O4S.C4H9NO3/c1-3(5(9)6(10)11)13-7(12)4(8)2-14;1-2(6)3(5)4(7)8/h3-5,14H,2,8-9H2,1H3,(H,10,11);2-3,6H,5H2,1H3,(H,7,8)/t3-,4+,5+;2-,3+/m11/s1. The lowest BCUT2D eigenvalue weighted by Crippen LogP contribution is -2.45. The number of thiol groups is 1. The summed E-state index contributed by atoms with van der Waals surface area (Å²) in [7, 11) is 0. The van der Waals surface area contributed by atoms with Gasteiger partial charge in [0.15, 0.2) is 0 Å². The number of hydrogen-bond donors (Lipinski definition) is 7. The van der Waals surface area contributed by atoms with Gasteiger partial charge in [0, 0.05) is 5.75 Å². The number of carbonyl (C=O) groups is 3. The van der Waals surface area contributed by atoms with Crippen LogP contribution >= 0.6 is 12.6 Å². The van der Waals surface area contributed by atoms with E-state index in [1.54, 1.807) is 0 Å². The van der Waals surface area contributed by atoms with Crippen LogP contribution in [0, 0.1) is 0 Å². The van der Waals surface area contributed by atoms with E-state index in [9.17, 15) is 14.4 Å². The molecule has 5 atom stereocenters. The molecule has 0 aliphatic heterocycles. The number of carboxylic acid groups (broad SMARTS) is 2. The third-order valence-electron chi connectivity index (χ3n) is 2.40. The summed E-state index contributed by atoms with van der Waals surface area (Å²) >= 11 is 3.80. The molecule has 0 saturated carbocycles. The van der Waals surface area contributed by atoms with Crippen LogP contribution in [-0.2, 0) is 19.1 Å². The average Bonchev–Trinajstić information content (AvgIpc) is 2.44. The molecular weight excluding hydrogens is 318 g/mol. The van der Waals surface area contributed by atoms with Gasteiger partial charge >= 0.3 is 17.9 Å². The molecule has 0 radical (unpaired) electrons. The highest BCUT2D eigenvalue weighted by Gasteiger charge is 2.25. The topological polar surface area (TPSA) is 199 Å². The van der Waals surface area contributed by atoms with Crippen molar-refractivity contribution in [3.05, 3.63) is 0 Å². The lowest BCUT2D eigenvalue weighted by Gasteiger charge is -2.18. The molecule has 0 saturated heterocycles. The maximum Gasteiger partial charge on any atom is 0.324 e. The Morgan fingerprint density at radius 2 is 1.45 bits per heavy atom. The fraction of sp³-hybridized carbons (Fsp3) is 0.727. The summed E-state index contributed by atoms with van der Waals surface area (Å²) in [4.78, 5) is 31.3. The van der Waals surface area contributed by atoms with Crippen LogP contribution in [-0.4, -0.2) is 69.3 Å². The molecule has 0 aromatic heterocycles. The first-order valence-electron chi connectivity index (χ1n) is 6.17. The first-order chi connectivity index (χ1) is 9.95. The van der Waals surface area contributed by atoms with Crippen LogP contribution in [0.15, 0.2) is 0 Å². The van der Waals surface area contributed by atoms with Crippen LogP contribution in [0.1, 0.15) is 13.8 Å². The van der Waals surface area contributed by atoms with E-state index < -0.39 is 48.2 Å². The number of aliphatic carboxylic acids is 2. The van der Waals surface area contributed by atoms with Gasteiger partial charge in [0.25, 0.3) is 0 Å². The molecule has 0 bridgehead atoms. The Morgan fingerprint density at radius 3 is 1.68 bits per heavy atom. The van der Waals surface area contributed by atoms with Gasteiger partial charge in [-0.15, -0.1) is 0 Å². The minimum Gasteiger partial charge on any atom is -0.480 e. The summed E-state index contributed by atoms with van der Waals surface area (Å²) in [6, 6.07) is -3.26. The summed E-state index contributed by atoms with van der Waals surface area (Å²) in [5.74, 6) is -2.98. The predicted octanol–water partition coefficient (Wildman–Crippen LogP) is -2.63. The molecule has 9 N–H and O–H groups in total. The van der Waals surface area contributed by atoms with Gasteiger partial charge < -0.3 is 37.3 Å². The second kappa shape index (κ2) is 11.2. The first kappa shape index (κ1) is 22.9. The highest BCUT2D eigenvalue weighted by atomic mass is 32.1. The molecule has 0 aliphatic carbocycles. The van der Waals surface area contributed by atoms with Crippen molar-refractivity contribution < 1.29 is 34.4 Å². The summed E-state index contributed by atoms with van der Waals surface area (Å²) in [5, 5.41) is 25.1. The molecule has 11 heteroatoms. The van der Waals surface area contributed by atoms with E-state index in [-0.39, 0.29) is 5.75 Å². The number of aliphatic hydroxyl groups excluding tert-OH is 1. The minimum atomic E-state index is -1.24. The molecule has 10 nitrogen and oxygen atoms in total. The summed E-state index contributed by atoms with van der Waals surface area (Å²) in [6.45, 7) is 2.72. The van der Waals surface area contributed by atoms with Crippen molar-refractivity contribution in [3.8, 4) is 0 Å². The summed E-state index contributed by atoms with van der Waals surface area (Å²) in [5.41, 5.74) is 15.4. The van der Waals surface area contributed by atoms with E-state index >= 15 is 0 Å². The Labute approximate surface area is 133 Å². The molecule has 0 fully saturated rings. The normalized spacial score (nSPS) is 17.0. The first-order valence-corrected chi connectivity index (χ1v) is 6.80. The number of nitrogens with two attached hydrogens (primary N) is 3. The van der Waals surface area contributed by atoms with Crippen molar-refractivity contribution in [1.82, 2.24) is 0 Å². The van der Waals surface area contributed by atoms with Gasteiger partial charge in [-0.2, -0.15) is 12.6 Å². The third-order valence-corrected chi connectivity index (χ3v) is 2.79.